The Hall–Kier alpha value is -1.63. The Morgan fingerprint density at radius 3 is 2.53 bits per heavy atom. The van der Waals surface area contributed by atoms with Gasteiger partial charge in [-0.25, -0.2) is 4.79 Å². The number of hydrogen-bond donors (Lipinski definition) is 2. The number of methoxy groups -OCH3 is 1. The molecule has 1 rings (SSSR count). The Balaban J connectivity index is 2.64. The highest BCUT2D eigenvalue weighted by Gasteiger charge is 2.40. The van der Waals surface area contributed by atoms with Crippen molar-refractivity contribution in [1.82, 2.24) is 10.2 Å². The van der Waals surface area contributed by atoms with Crippen LogP contribution < -0.4 is 11.1 Å². The number of carbonyl (C=O) groups is 3. The van der Waals surface area contributed by atoms with Gasteiger partial charge in [-0.3, -0.25) is 14.5 Å². The molecule has 0 saturated carbocycles. The van der Waals surface area contributed by atoms with E-state index in [9.17, 15) is 14.4 Å². The molecule has 7 nitrogen and oxygen atoms in total. The normalized spacial score (nSPS) is 24.8. The molecule has 1 fully saturated rings. The van der Waals surface area contributed by atoms with E-state index in [4.69, 9.17) is 5.73 Å². The van der Waals surface area contributed by atoms with Crippen molar-refractivity contribution >= 4 is 17.8 Å². The summed E-state index contributed by atoms with van der Waals surface area (Å²) in [5.41, 5.74) is 4.79. The largest absolute Gasteiger partial charge is 0.467 e. The minimum Gasteiger partial charge on any atom is -0.467 e. The maximum absolute atomic E-state index is 11.6. The molecule has 0 aromatic carbocycles. The fraction of sp³-hybridized carbons (Fsp3) is 0.750. The molecule has 7 heteroatoms. The third-order valence-corrected chi connectivity index (χ3v) is 3.45. The molecule has 0 aliphatic carbocycles. The molecule has 0 aromatic heterocycles. The summed E-state index contributed by atoms with van der Waals surface area (Å²) < 4.78 is 4.65. The predicted octanol–water partition coefficient (Wildman–Crippen LogP) is -1.14. The fourth-order valence-electron chi connectivity index (χ4n) is 2.24. The Kier molecular flexibility index (Phi) is 4.88. The highest BCUT2D eigenvalue weighted by Crippen LogP contribution is 2.29. The summed E-state index contributed by atoms with van der Waals surface area (Å²) in [7, 11) is 1.27. The van der Waals surface area contributed by atoms with Crippen LogP contribution in [0.2, 0.25) is 0 Å². The van der Waals surface area contributed by atoms with Crippen LogP contribution in [0.4, 0.5) is 0 Å². The molecule has 19 heavy (non-hydrogen) atoms. The van der Waals surface area contributed by atoms with E-state index >= 15 is 0 Å². The van der Waals surface area contributed by atoms with E-state index in [0.717, 1.165) is 0 Å². The number of rotatable bonds is 5. The summed E-state index contributed by atoms with van der Waals surface area (Å²) >= 11 is 0. The summed E-state index contributed by atoms with van der Waals surface area (Å²) in [5, 5.41) is 2.54. The first-order valence-corrected chi connectivity index (χ1v) is 6.15. The summed E-state index contributed by atoms with van der Waals surface area (Å²) in [5.74, 6) is -1.14. The number of hydrogen-bond acceptors (Lipinski definition) is 5. The van der Waals surface area contributed by atoms with Crippen LogP contribution in [0.25, 0.3) is 0 Å². The van der Waals surface area contributed by atoms with Crippen molar-refractivity contribution in [3.8, 4) is 0 Å². The number of amides is 2. The van der Waals surface area contributed by atoms with E-state index in [0.29, 0.717) is 26.1 Å². The van der Waals surface area contributed by atoms with E-state index in [1.165, 1.54) is 14.0 Å². The van der Waals surface area contributed by atoms with Crippen LogP contribution >= 0.6 is 0 Å². The van der Waals surface area contributed by atoms with Crippen molar-refractivity contribution < 1.29 is 19.1 Å². The molecule has 108 valence electrons. The van der Waals surface area contributed by atoms with Gasteiger partial charge in [-0.15, -0.1) is 0 Å². The molecular weight excluding hydrogens is 250 g/mol. The minimum atomic E-state index is -0.724. The van der Waals surface area contributed by atoms with Crippen molar-refractivity contribution in [3.63, 3.8) is 0 Å². The SMILES string of the molecule is COC(=O)C(CN1CCC(C)(C(N)=O)C1)NC(C)=O. The average Bonchev–Trinajstić information content (AvgIpc) is 2.70. The van der Waals surface area contributed by atoms with Gasteiger partial charge in [0.15, 0.2) is 0 Å². The molecule has 1 saturated heterocycles. The van der Waals surface area contributed by atoms with E-state index in [1.807, 2.05) is 4.90 Å². The van der Waals surface area contributed by atoms with E-state index in [-0.39, 0.29) is 11.8 Å². The van der Waals surface area contributed by atoms with Crippen LogP contribution in [0.1, 0.15) is 20.3 Å². The number of nitrogens with zero attached hydrogens (tertiary/aromatic N) is 1. The molecule has 2 atom stereocenters. The molecule has 1 aliphatic rings. The van der Waals surface area contributed by atoms with Gasteiger partial charge in [0.05, 0.1) is 12.5 Å². The fourth-order valence-corrected chi connectivity index (χ4v) is 2.24. The second-order valence-electron chi connectivity index (χ2n) is 5.19. The van der Waals surface area contributed by atoms with Crippen molar-refractivity contribution in [2.24, 2.45) is 11.1 Å². The molecule has 1 heterocycles. The van der Waals surface area contributed by atoms with Crippen molar-refractivity contribution in [1.29, 1.82) is 0 Å². The molecule has 0 bridgehead atoms. The number of nitrogens with two attached hydrogens (primary N) is 1. The monoisotopic (exact) mass is 271 g/mol. The number of ether oxygens (including phenoxy) is 1. The lowest BCUT2D eigenvalue weighted by Crippen LogP contribution is -2.48. The number of likely N-dealkylation sites (tertiary alicyclic amines) is 1. The standard InChI is InChI=1S/C12H21N3O4/c1-8(16)14-9(10(17)19-3)6-15-5-4-12(2,7-15)11(13)18/h9H,4-7H2,1-3H3,(H2,13,18)(H,14,16). The topological polar surface area (TPSA) is 102 Å². The third-order valence-electron chi connectivity index (χ3n) is 3.45. The van der Waals surface area contributed by atoms with Gasteiger partial charge >= 0.3 is 5.97 Å². The van der Waals surface area contributed by atoms with E-state index in [2.05, 4.69) is 10.1 Å². The van der Waals surface area contributed by atoms with Crippen LogP contribution in [0.3, 0.4) is 0 Å². The zero-order valence-corrected chi connectivity index (χ0v) is 11.6. The maximum atomic E-state index is 11.6. The van der Waals surface area contributed by atoms with Gasteiger partial charge < -0.3 is 15.8 Å². The number of carbonyl (C=O) groups excluding carboxylic acids is 3. The summed E-state index contributed by atoms with van der Waals surface area (Å²) in [6, 6.07) is -0.724. The zero-order valence-electron chi connectivity index (χ0n) is 11.6. The van der Waals surface area contributed by atoms with Crippen molar-refractivity contribution in [3.05, 3.63) is 0 Å². The first-order valence-electron chi connectivity index (χ1n) is 6.15. The molecular formula is C12H21N3O4. The van der Waals surface area contributed by atoms with Gasteiger partial charge in [-0.2, -0.15) is 0 Å². The Morgan fingerprint density at radius 2 is 2.11 bits per heavy atom. The first kappa shape index (κ1) is 15.4. The second-order valence-corrected chi connectivity index (χ2v) is 5.19. The smallest absolute Gasteiger partial charge is 0.329 e. The van der Waals surface area contributed by atoms with Crippen molar-refractivity contribution in [2.45, 2.75) is 26.3 Å². The second kappa shape index (κ2) is 6.01. The Bertz CT molecular complexity index is 385. The van der Waals surface area contributed by atoms with Crippen LogP contribution in [-0.4, -0.2) is 55.5 Å². The van der Waals surface area contributed by atoms with E-state index < -0.39 is 17.4 Å². The van der Waals surface area contributed by atoms with Crippen LogP contribution in [0.5, 0.6) is 0 Å². The van der Waals surface area contributed by atoms with Crippen LogP contribution in [0, 0.1) is 5.41 Å². The average molecular weight is 271 g/mol. The minimum absolute atomic E-state index is 0.299. The van der Waals surface area contributed by atoms with Gasteiger partial charge in [-0.05, 0) is 19.9 Å². The third kappa shape index (κ3) is 3.92. The molecule has 0 radical (unpaired) electrons. The number of esters is 1. The molecule has 2 unspecified atom stereocenters. The zero-order chi connectivity index (χ0) is 14.6. The first-order chi connectivity index (χ1) is 8.78. The molecule has 0 spiro atoms. The Morgan fingerprint density at radius 1 is 1.47 bits per heavy atom. The van der Waals surface area contributed by atoms with Gasteiger partial charge in [0, 0.05) is 20.0 Å². The molecule has 2 amide bonds. The highest BCUT2D eigenvalue weighted by molar-refractivity contribution is 5.83. The van der Waals surface area contributed by atoms with Gasteiger partial charge in [0.25, 0.3) is 0 Å². The van der Waals surface area contributed by atoms with Gasteiger partial charge in [0.1, 0.15) is 6.04 Å². The van der Waals surface area contributed by atoms with Crippen molar-refractivity contribution in [2.75, 3.05) is 26.7 Å². The lowest BCUT2D eigenvalue weighted by molar-refractivity contribution is -0.145. The lowest BCUT2D eigenvalue weighted by Gasteiger charge is -2.24. The van der Waals surface area contributed by atoms with E-state index in [1.54, 1.807) is 6.92 Å². The maximum Gasteiger partial charge on any atom is 0.329 e. The Labute approximate surface area is 112 Å². The van der Waals surface area contributed by atoms with Crippen LogP contribution in [0.15, 0.2) is 0 Å². The lowest BCUT2D eigenvalue weighted by atomic mass is 9.89. The molecule has 3 N–H and O–H groups in total. The summed E-state index contributed by atoms with van der Waals surface area (Å²) in [6.45, 7) is 4.60. The van der Waals surface area contributed by atoms with Gasteiger partial charge in [-0.1, -0.05) is 0 Å². The van der Waals surface area contributed by atoms with Gasteiger partial charge in [0.2, 0.25) is 11.8 Å². The number of nitrogens with one attached hydrogen (secondary N) is 1. The quantitative estimate of drug-likeness (QED) is 0.616. The van der Waals surface area contributed by atoms with Crippen LogP contribution in [-0.2, 0) is 19.1 Å². The molecule has 0 aromatic rings. The summed E-state index contributed by atoms with van der Waals surface area (Å²) in [6.07, 6.45) is 0.649. The molecule has 1 aliphatic heterocycles. The summed E-state index contributed by atoms with van der Waals surface area (Å²) in [4.78, 5) is 35.9. The highest BCUT2D eigenvalue weighted by atomic mass is 16.5. The number of primary amides is 1. The predicted molar refractivity (Wildman–Crippen MR) is 68.0 cm³/mol.